The maximum Gasteiger partial charge on any atom is 0.248 e. The fourth-order valence-corrected chi connectivity index (χ4v) is 2.18. The van der Waals surface area contributed by atoms with Crippen molar-refractivity contribution in [3.8, 4) is 0 Å². The van der Waals surface area contributed by atoms with Crippen molar-refractivity contribution in [2.75, 3.05) is 13.2 Å². The number of aliphatic imine (C=N–C) groups is 1. The fourth-order valence-electron chi connectivity index (χ4n) is 2.18. The molecule has 0 bridgehead atoms. The van der Waals surface area contributed by atoms with Crippen molar-refractivity contribution in [3.63, 3.8) is 0 Å². The molecule has 0 saturated heterocycles. The molecule has 8 heteroatoms. The highest BCUT2D eigenvalue weighted by Gasteiger charge is 2.14. The van der Waals surface area contributed by atoms with E-state index in [-0.39, 0.29) is 30.1 Å². The van der Waals surface area contributed by atoms with Crippen LogP contribution in [0.25, 0.3) is 0 Å². The van der Waals surface area contributed by atoms with E-state index in [1.807, 2.05) is 20.8 Å². The molecule has 7 nitrogen and oxygen atoms in total. The molecule has 1 rings (SSSR count). The van der Waals surface area contributed by atoms with E-state index in [2.05, 4.69) is 46.5 Å². The maximum atomic E-state index is 5.46. The second kappa shape index (κ2) is 13.3. The standard InChI is InChI=1S/C17H33N5O2.HI/c1-7-18-17(20-13(5)10-9-12(3)4)19-11-15-21-16(22-24-15)14(6)23-8-2;/h12-14H,7-11H2,1-6H3,(H2,18,19,20);1H. The smallest absolute Gasteiger partial charge is 0.248 e. The Kier molecular flexibility index (Phi) is 12.8. The first-order valence-electron chi connectivity index (χ1n) is 8.95. The molecule has 0 amide bonds. The number of nitrogens with one attached hydrogen (secondary N) is 2. The molecular weight excluding hydrogens is 433 g/mol. The molecule has 2 N–H and O–H groups in total. The summed E-state index contributed by atoms with van der Waals surface area (Å²) in [5.41, 5.74) is 0. The van der Waals surface area contributed by atoms with Crippen molar-refractivity contribution >= 4 is 29.9 Å². The van der Waals surface area contributed by atoms with E-state index in [1.165, 1.54) is 6.42 Å². The largest absolute Gasteiger partial charge is 0.371 e. The van der Waals surface area contributed by atoms with Crippen LogP contribution in [0.1, 0.15) is 72.2 Å². The first-order chi connectivity index (χ1) is 11.5. The highest BCUT2D eigenvalue weighted by Crippen LogP contribution is 2.13. The molecule has 1 aromatic rings. The van der Waals surface area contributed by atoms with Gasteiger partial charge in [0, 0.05) is 19.2 Å². The van der Waals surface area contributed by atoms with Gasteiger partial charge in [-0.3, -0.25) is 0 Å². The van der Waals surface area contributed by atoms with E-state index >= 15 is 0 Å². The number of halogens is 1. The van der Waals surface area contributed by atoms with Crippen LogP contribution in [0.2, 0.25) is 0 Å². The Balaban J connectivity index is 0.00000576. The fraction of sp³-hybridized carbons (Fsp3) is 0.824. The SMILES string of the molecule is CCNC(=NCc1nc(C(C)OCC)no1)NC(C)CCC(C)C.I. The van der Waals surface area contributed by atoms with E-state index in [0.29, 0.717) is 36.8 Å². The van der Waals surface area contributed by atoms with Crippen LogP contribution in [0.3, 0.4) is 0 Å². The van der Waals surface area contributed by atoms with Gasteiger partial charge in [-0.1, -0.05) is 19.0 Å². The Hall–Kier alpha value is -0.900. The van der Waals surface area contributed by atoms with E-state index in [9.17, 15) is 0 Å². The summed E-state index contributed by atoms with van der Waals surface area (Å²) in [6.45, 7) is 14.3. The van der Waals surface area contributed by atoms with Crippen molar-refractivity contribution in [1.82, 2.24) is 20.8 Å². The number of hydrogen-bond donors (Lipinski definition) is 2. The van der Waals surface area contributed by atoms with Crippen LogP contribution in [-0.4, -0.2) is 35.3 Å². The zero-order valence-electron chi connectivity index (χ0n) is 16.3. The molecule has 2 atom stereocenters. The van der Waals surface area contributed by atoms with Gasteiger partial charge in [0.05, 0.1) is 0 Å². The van der Waals surface area contributed by atoms with Crippen molar-refractivity contribution in [2.24, 2.45) is 10.9 Å². The van der Waals surface area contributed by atoms with Gasteiger partial charge < -0.3 is 19.9 Å². The Morgan fingerprint density at radius 3 is 2.52 bits per heavy atom. The molecular formula is C17H34IN5O2. The number of rotatable bonds is 10. The van der Waals surface area contributed by atoms with Crippen LogP contribution in [-0.2, 0) is 11.3 Å². The molecule has 0 aliphatic heterocycles. The van der Waals surface area contributed by atoms with E-state index < -0.39 is 0 Å². The summed E-state index contributed by atoms with van der Waals surface area (Å²) in [4.78, 5) is 8.86. The molecule has 0 radical (unpaired) electrons. The second-order valence-electron chi connectivity index (χ2n) is 6.36. The molecule has 2 unspecified atom stereocenters. The van der Waals surface area contributed by atoms with E-state index in [0.717, 1.165) is 18.9 Å². The van der Waals surface area contributed by atoms with E-state index in [4.69, 9.17) is 9.26 Å². The minimum absolute atomic E-state index is 0. The molecule has 25 heavy (non-hydrogen) atoms. The predicted molar refractivity (Wildman–Crippen MR) is 111 cm³/mol. The van der Waals surface area contributed by atoms with Crippen LogP contribution < -0.4 is 10.6 Å². The first kappa shape index (κ1) is 24.1. The summed E-state index contributed by atoms with van der Waals surface area (Å²) in [6.07, 6.45) is 2.13. The quantitative estimate of drug-likeness (QED) is 0.311. The van der Waals surface area contributed by atoms with Crippen LogP contribution >= 0.6 is 24.0 Å². The zero-order chi connectivity index (χ0) is 17.9. The van der Waals surface area contributed by atoms with Crippen LogP contribution in [0.4, 0.5) is 0 Å². The van der Waals surface area contributed by atoms with Gasteiger partial charge in [-0.25, -0.2) is 4.99 Å². The normalized spacial score (nSPS) is 14.1. The second-order valence-corrected chi connectivity index (χ2v) is 6.36. The van der Waals surface area contributed by atoms with Gasteiger partial charge in [0.15, 0.2) is 11.8 Å². The minimum atomic E-state index is -0.168. The summed E-state index contributed by atoms with van der Waals surface area (Å²) in [5.74, 6) is 2.53. The van der Waals surface area contributed by atoms with Gasteiger partial charge >= 0.3 is 0 Å². The molecule has 0 fully saturated rings. The van der Waals surface area contributed by atoms with Crippen molar-refractivity contribution in [3.05, 3.63) is 11.7 Å². The third-order valence-corrected chi connectivity index (χ3v) is 3.54. The van der Waals surface area contributed by atoms with Crippen LogP contribution in [0.5, 0.6) is 0 Å². The summed E-state index contributed by atoms with van der Waals surface area (Å²) in [6, 6.07) is 0.362. The summed E-state index contributed by atoms with van der Waals surface area (Å²) < 4.78 is 10.7. The van der Waals surface area contributed by atoms with Crippen LogP contribution in [0.15, 0.2) is 9.52 Å². The van der Waals surface area contributed by atoms with Gasteiger partial charge in [0.1, 0.15) is 12.6 Å². The van der Waals surface area contributed by atoms with Crippen molar-refractivity contribution < 1.29 is 9.26 Å². The van der Waals surface area contributed by atoms with E-state index in [1.54, 1.807) is 0 Å². The zero-order valence-corrected chi connectivity index (χ0v) is 18.7. The number of aromatic nitrogens is 2. The van der Waals surface area contributed by atoms with Gasteiger partial charge in [0.2, 0.25) is 5.89 Å². The first-order valence-corrected chi connectivity index (χ1v) is 8.95. The monoisotopic (exact) mass is 467 g/mol. The number of nitrogens with zero attached hydrogens (tertiary/aromatic N) is 3. The number of ether oxygens (including phenoxy) is 1. The average Bonchev–Trinajstić information content (AvgIpc) is 3.00. The topological polar surface area (TPSA) is 84.6 Å². The highest BCUT2D eigenvalue weighted by atomic mass is 127. The lowest BCUT2D eigenvalue weighted by Crippen LogP contribution is -2.42. The Bertz CT molecular complexity index is 493. The summed E-state index contributed by atoms with van der Waals surface area (Å²) in [5, 5.41) is 10.6. The van der Waals surface area contributed by atoms with Gasteiger partial charge in [-0.2, -0.15) is 4.98 Å². The van der Waals surface area contributed by atoms with Gasteiger partial charge in [0.25, 0.3) is 0 Å². The number of guanidine groups is 1. The molecule has 0 saturated carbocycles. The molecule has 1 heterocycles. The molecule has 0 aliphatic carbocycles. The summed E-state index contributed by atoms with van der Waals surface area (Å²) >= 11 is 0. The molecule has 0 spiro atoms. The predicted octanol–water partition coefficient (Wildman–Crippen LogP) is 3.66. The van der Waals surface area contributed by atoms with Crippen LogP contribution in [0, 0.1) is 5.92 Å². The minimum Gasteiger partial charge on any atom is -0.371 e. The Morgan fingerprint density at radius 2 is 1.92 bits per heavy atom. The molecule has 1 aromatic heterocycles. The Morgan fingerprint density at radius 1 is 1.20 bits per heavy atom. The Labute approximate surface area is 168 Å². The van der Waals surface area contributed by atoms with Gasteiger partial charge in [-0.15, -0.1) is 24.0 Å². The molecule has 0 aromatic carbocycles. The maximum absolute atomic E-state index is 5.46. The highest BCUT2D eigenvalue weighted by molar-refractivity contribution is 14.0. The third kappa shape index (κ3) is 9.98. The lowest BCUT2D eigenvalue weighted by molar-refractivity contribution is 0.0683. The lowest BCUT2D eigenvalue weighted by atomic mass is 10.0. The van der Waals surface area contributed by atoms with Crippen molar-refractivity contribution in [2.45, 2.75) is 73.1 Å². The summed E-state index contributed by atoms with van der Waals surface area (Å²) in [7, 11) is 0. The molecule has 0 aliphatic rings. The van der Waals surface area contributed by atoms with Gasteiger partial charge in [-0.05, 0) is 46.5 Å². The average molecular weight is 467 g/mol. The lowest BCUT2D eigenvalue weighted by Gasteiger charge is -2.18. The van der Waals surface area contributed by atoms with Crippen molar-refractivity contribution in [1.29, 1.82) is 0 Å². The third-order valence-electron chi connectivity index (χ3n) is 3.54. The molecule has 146 valence electrons. The number of hydrogen-bond acceptors (Lipinski definition) is 5.